The molecule has 0 saturated heterocycles. The molecule has 0 heterocycles. The maximum Gasteiger partial charge on any atom is 0.387 e. The van der Waals surface area contributed by atoms with Gasteiger partial charge in [-0.2, -0.15) is 8.78 Å². The number of carbonyl (C=O) groups is 2. The van der Waals surface area contributed by atoms with Crippen molar-refractivity contribution in [3.8, 4) is 5.75 Å². The lowest BCUT2D eigenvalue weighted by atomic mass is 10.1. The van der Waals surface area contributed by atoms with Crippen LogP contribution in [0.3, 0.4) is 0 Å². The number of nitrogens with one attached hydrogen (secondary N) is 1. The summed E-state index contributed by atoms with van der Waals surface area (Å²) >= 11 is 0. The van der Waals surface area contributed by atoms with E-state index in [9.17, 15) is 18.4 Å². The van der Waals surface area contributed by atoms with Gasteiger partial charge in [-0.3, -0.25) is 4.79 Å². The summed E-state index contributed by atoms with van der Waals surface area (Å²) < 4.78 is 32.8. The number of carbonyl (C=O) groups excluding carboxylic acids is 1. The summed E-state index contributed by atoms with van der Waals surface area (Å²) in [7, 11) is 1.32. The van der Waals surface area contributed by atoms with Crippen LogP contribution in [-0.4, -0.2) is 43.4 Å². The third kappa shape index (κ3) is 6.17. The average Bonchev–Trinajstić information content (AvgIpc) is 2.40. The van der Waals surface area contributed by atoms with E-state index in [1.807, 2.05) is 0 Å². The quantitative estimate of drug-likeness (QED) is 0.750. The first-order chi connectivity index (χ1) is 9.92. The third-order valence-corrected chi connectivity index (χ3v) is 2.48. The van der Waals surface area contributed by atoms with Crippen LogP contribution in [-0.2, 0) is 20.7 Å². The van der Waals surface area contributed by atoms with Gasteiger partial charge in [-0.15, -0.1) is 0 Å². The summed E-state index contributed by atoms with van der Waals surface area (Å²) in [6, 6.07) is 4.37. The summed E-state index contributed by atoms with van der Waals surface area (Å²) in [5.74, 6) is -1.73. The fourth-order valence-corrected chi connectivity index (χ4v) is 1.56. The van der Waals surface area contributed by atoms with E-state index in [1.54, 1.807) is 0 Å². The van der Waals surface area contributed by atoms with Crippen molar-refractivity contribution in [3.05, 3.63) is 29.8 Å². The van der Waals surface area contributed by atoms with Gasteiger partial charge in [0.15, 0.2) is 6.04 Å². The summed E-state index contributed by atoms with van der Waals surface area (Å²) in [5.41, 5.74) is 0.538. The zero-order valence-electron chi connectivity index (χ0n) is 11.2. The maximum absolute atomic E-state index is 12.0. The number of carboxylic acids is 1. The molecule has 1 aromatic rings. The first-order valence-corrected chi connectivity index (χ1v) is 5.97. The monoisotopic (exact) mass is 303 g/mol. The molecule has 0 saturated carbocycles. The van der Waals surface area contributed by atoms with Crippen molar-refractivity contribution in [2.45, 2.75) is 19.1 Å². The highest BCUT2D eigenvalue weighted by Crippen LogP contribution is 2.15. The molecule has 2 N–H and O–H groups in total. The molecule has 116 valence electrons. The van der Waals surface area contributed by atoms with Gasteiger partial charge in [-0.1, -0.05) is 12.1 Å². The van der Waals surface area contributed by atoms with Crippen LogP contribution >= 0.6 is 0 Å². The predicted molar refractivity (Wildman–Crippen MR) is 68.2 cm³/mol. The third-order valence-electron chi connectivity index (χ3n) is 2.48. The number of aliphatic carboxylic acids is 1. The smallest absolute Gasteiger partial charge is 0.387 e. The Bertz CT molecular complexity index is 478. The lowest BCUT2D eigenvalue weighted by Gasteiger charge is -2.13. The van der Waals surface area contributed by atoms with Crippen LogP contribution < -0.4 is 10.1 Å². The van der Waals surface area contributed by atoms with Crippen molar-refractivity contribution in [1.82, 2.24) is 5.32 Å². The first kappa shape index (κ1) is 16.8. The van der Waals surface area contributed by atoms with E-state index < -0.39 is 24.5 Å². The van der Waals surface area contributed by atoms with Crippen LogP contribution in [0.25, 0.3) is 0 Å². The molecule has 0 fully saturated rings. The molecular weight excluding hydrogens is 288 g/mol. The minimum absolute atomic E-state index is 0.0167. The van der Waals surface area contributed by atoms with Gasteiger partial charge in [0.25, 0.3) is 0 Å². The van der Waals surface area contributed by atoms with Gasteiger partial charge in [0.05, 0.1) is 13.0 Å². The molecule has 1 unspecified atom stereocenters. The minimum atomic E-state index is -2.91. The fraction of sp³-hybridized carbons (Fsp3) is 0.385. The van der Waals surface area contributed by atoms with Crippen LogP contribution in [0.4, 0.5) is 8.78 Å². The van der Waals surface area contributed by atoms with E-state index in [2.05, 4.69) is 14.8 Å². The highest BCUT2D eigenvalue weighted by atomic mass is 19.3. The molecule has 1 rings (SSSR count). The number of carboxylic acid groups (broad SMARTS) is 1. The number of hydrogen-bond acceptors (Lipinski definition) is 4. The Hall–Kier alpha value is -2.22. The van der Waals surface area contributed by atoms with Gasteiger partial charge in [0.1, 0.15) is 5.75 Å². The number of benzene rings is 1. The lowest BCUT2D eigenvalue weighted by Crippen LogP contribution is -2.44. The second-order valence-electron chi connectivity index (χ2n) is 4.11. The first-order valence-electron chi connectivity index (χ1n) is 5.97. The molecule has 0 bridgehead atoms. The number of rotatable bonds is 8. The molecule has 21 heavy (non-hydrogen) atoms. The zero-order chi connectivity index (χ0) is 15.8. The summed E-state index contributed by atoms with van der Waals surface area (Å²) in [6.45, 7) is -3.06. The van der Waals surface area contributed by atoms with Gasteiger partial charge in [0.2, 0.25) is 5.91 Å². The molecule has 0 spiro atoms. The Morgan fingerprint density at radius 3 is 2.38 bits per heavy atom. The van der Waals surface area contributed by atoms with Crippen molar-refractivity contribution in [2.75, 3.05) is 13.7 Å². The molecule has 1 amide bonds. The number of methoxy groups -OCH3 is 1. The van der Waals surface area contributed by atoms with Crippen LogP contribution in [0, 0.1) is 0 Å². The number of hydrogen-bond donors (Lipinski definition) is 2. The molecular formula is C13H15F2NO5. The second kappa shape index (κ2) is 8.15. The Kier molecular flexibility index (Phi) is 6.54. The Morgan fingerprint density at radius 1 is 1.29 bits per heavy atom. The number of halogens is 2. The summed E-state index contributed by atoms with van der Waals surface area (Å²) in [5, 5.41) is 11.2. The van der Waals surface area contributed by atoms with Crippen molar-refractivity contribution in [2.24, 2.45) is 0 Å². The van der Waals surface area contributed by atoms with Gasteiger partial charge >= 0.3 is 12.6 Å². The fourth-order valence-electron chi connectivity index (χ4n) is 1.56. The molecule has 0 aliphatic rings. The zero-order valence-corrected chi connectivity index (χ0v) is 11.2. The number of amides is 1. The van der Waals surface area contributed by atoms with Gasteiger partial charge in [0, 0.05) is 7.11 Å². The molecule has 0 aliphatic heterocycles. The highest BCUT2D eigenvalue weighted by molar-refractivity contribution is 5.84. The van der Waals surface area contributed by atoms with E-state index >= 15 is 0 Å². The SMILES string of the molecule is COCC(NC(=O)Cc1ccc(OC(F)F)cc1)C(=O)O. The Morgan fingerprint density at radius 2 is 1.90 bits per heavy atom. The van der Waals surface area contributed by atoms with Crippen LogP contribution in [0.2, 0.25) is 0 Å². The maximum atomic E-state index is 12.0. The van der Waals surface area contributed by atoms with E-state index in [4.69, 9.17) is 5.11 Å². The van der Waals surface area contributed by atoms with Gasteiger partial charge in [-0.05, 0) is 17.7 Å². The number of alkyl halides is 2. The van der Waals surface area contributed by atoms with Crippen LogP contribution in [0.1, 0.15) is 5.56 Å². The van der Waals surface area contributed by atoms with Crippen molar-refractivity contribution in [1.29, 1.82) is 0 Å². The molecule has 1 aromatic carbocycles. The van der Waals surface area contributed by atoms with Gasteiger partial charge < -0.3 is 19.9 Å². The molecule has 0 aromatic heterocycles. The summed E-state index contributed by atoms with van der Waals surface area (Å²) in [6.07, 6.45) is -0.0809. The molecule has 0 radical (unpaired) electrons. The largest absolute Gasteiger partial charge is 0.480 e. The number of ether oxygens (including phenoxy) is 2. The van der Waals surface area contributed by atoms with Crippen LogP contribution in [0.5, 0.6) is 5.75 Å². The predicted octanol–water partition coefficient (Wildman–Crippen LogP) is 1.05. The van der Waals surface area contributed by atoms with Crippen LogP contribution in [0.15, 0.2) is 24.3 Å². The molecule has 0 aliphatic carbocycles. The average molecular weight is 303 g/mol. The molecule has 8 heteroatoms. The minimum Gasteiger partial charge on any atom is -0.480 e. The van der Waals surface area contributed by atoms with E-state index in [1.165, 1.54) is 31.4 Å². The van der Waals surface area contributed by atoms with Crippen molar-refractivity contribution >= 4 is 11.9 Å². The highest BCUT2D eigenvalue weighted by Gasteiger charge is 2.19. The van der Waals surface area contributed by atoms with E-state index in [0.717, 1.165) is 0 Å². The Balaban J connectivity index is 2.56. The second-order valence-corrected chi connectivity index (χ2v) is 4.11. The van der Waals surface area contributed by atoms with Gasteiger partial charge in [-0.25, -0.2) is 4.79 Å². The van der Waals surface area contributed by atoms with Crippen molar-refractivity contribution < 1.29 is 33.0 Å². The lowest BCUT2D eigenvalue weighted by molar-refractivity contribution is -0.143. The Labute approximate surface area is 119 Å². The molecule has 6 nitrogen and oxygen atoms in total. The normalized spacial score (nSPS) is 12.0. The summed E-state index contributed by atoms with van der Waals surface area (Å²) in [4.78, 5) is 22.5. The van der Waals surface area contributed by atoms with Crippen molar-refractivity contribution in [3.63, 3.8) is 0 Å². The topological polar surface area (TPSA) is 84.9 Å². The standard InChI is InChI=1S/C13H15F2NO5/c1-20-7-10(12(18)19)16-11(17)6-8-2-4-9(5-3-8)21-13(14)15/h2-5,10,13H,6-7H2,1H3,(H,16,17)(H,18,19). The van der Waals surface area contributed by atoms with E-state index in [0.29, 0.717) is 5.56 Å². The molecule has 1 atom stereocenters. The van der Waals surface area contributed by atoms with E-state index in [-0.39, 0.29) is 18.8 Å².